The Kier molecular flexibility index (Phi) is 9.02. The first kappa shape index (κ1) is 37.2. The summed E-state index contributed by atoms with van der Waals surface area (Å²) >= 11 is 0. The number of carbonyl (C=O) groups excluding carboxylic acids is 1. The molecule has 0 saturated heterocycles. The van der Waals surface area contributed by atoms with Crippen LogP contribution in [0.25, 0.3) is 11.1 Å². The predicted molar refractivity (Wildman–Crippen MR) is 224 cm³/mol. The molecule has 4 aromatic rings. The van der Waals surface area contributed by atoms with Crippen molar-refractivity contribution in [2.75, 3.05) is 20.8 Å². The fourth-order valence-corrected chi connectivity index (χ4v) is 11.4. The number of hydrogen-bond acceptors (Lipinski definition) is 9. The highest BCUT2D eigenvalue weighted by molar-refractivity contribution is 5.84. The van der Waals surface area contributed by atoms with Crippen LogP contribution in [-0.4, -0.2) is 43.2 Å². The number of fused-ring (bicyclic) bond motifs is 7. The van der Waals surface area contributed by atoms with Crippen molar-refractivity contribution in [2.24, 2.45) is 23.5 Å². The summed E-state index contributed by atoms with van der Waals surface area (Å²) in [6, 6.07) is 22.1. The van der Waals surface area contributed by atoms with Crippen LogP contribution in [-0.2, 0) is 34.2 Å². The van der Waals surface area contributed by atoms with Gasteiger partial charge in [-0.1, -0.05) is 60.5 Å². The molecule has 1 saturated carbocycles. The Bertz CT molecular complexity index is 2560. The zero-order valence-corrected chi connectivity index (χ0v) is 33.5. The molecule has 1 spiro atoms. The number of methoxy groups -OCH3 is 2. The van der Waals surface area contributed by atoms with Gasteiger partial charge in [0.15, 0.2) is 11.5 Å². The van der Waals surface area contributed by atoms with Gasteiger partial charge in [0.2, 0.25) is 0 Å². The van der Waals surface area contributed by atoms with E-state index in [2.05, 4.69) is 77.9 Å². The Balaban J connectivity index is 1.24. The first-order valence-corrected chi connectivity index (χ1v) is 20.6. The van der Waals surface area contributed by atoms with Crippen molar-refractivity contribution in [3.8, 4) is 51.7 Å². The van der Waals surface area contributed by atoms with Crippen LogP contribution in [0.5, 0.6) is 28.7 Å². The fourth-order valence-electron chi connectivity index (χ4n) is 11.4. The van der Waals surface area contributed by atoms with E-state index < -0.39 is 12.3 Å². The van der Waals surface area contributed by atoms with E-state index in [1.54, 1.807) is 19.2 Å². The maximum absolute atomic E-state index is 12.4. The van der Waals surface area contributed by atoms with Gasteiger partial charge in [0.25, 0.3) is 0 Å². The van der Waals surface area contributed by atoms with E-state index in [0.717, 1.165) is 81.6 Å². The summed E-state index contributed by atoms with van der Waals surface area (Å²) in [6.07, 6.45) is 10.4. The number of phenolic OH excluding ortho intramolecular Hbond substituents is 2. The molecule has 300 valence electrons. The largest absolute Gasteiger partial charge is 0.508 e. The molecule has 0 radical (unpaired) electrons. The van der Waals surface area contributed by atoms with Gasteiger partial charge in [-0.15, -0.1) is 0 Å². The average Bonchev–Trinajstić information content (AvgIpc) is 3.81. The minimum Gasteiger partial charge on any atom is -0.508 e. The molecule has 6 aliphatic rings. The fraction of sp³-hybridized carbons (Fsp3) is 0.340. The minimum atomic E-state index is -0.579. The molecule has 10 rings (SSSR count). The van der Waals surface area contributed by atoms with Crippen molar-refractivity contribution in [3.63, 3.8) is 0 Å². The van der Waals surface area contributed by atoms with Crippen molar-refractivity contribution in [1.29, 1.82) is 0 Å². The zero-order chi connectivity index (χ0) is 40.6. The number of esters is 1. The maximum atomic E-state index is 12.4. The second kappa shape index (κ2) is 14.3. The van der Waals surface area contributed by atoms with Crippen molar-refractivity contribution in [3.05, 3.63) is 135 Å². The molecule has 1 unspecified atom stereocenters. The van der Waals surface area contributed by atoms with Crippen LogP contribution in [0.1, 0.15) is 71.6 Å². The number of rotatable bonds is 6. The van der Waals surface area contributed by atoms with E-state index in [4.69, 9.17) is 24.7 Å². The number of benzene rings is 4. The normalized spacial score (nSPS) is 26.6. The van der Waals surface area contributed by atoms with Crippen LogP contribution in [0.15, 0.2) is 102 Å². The van der Waals surface area contributed by atoms with E-state index in [0.29, 0.717) is 24.3 Å². The van der Waals surface area contributed by atoms with Gasteiger partial charge in [-0.2, -0.15) is 0 Å². The van der Waals surface area contributed by atoms with Crippen molar-refractivity contribution < 1.29 is 34.0 Å². The third kappa shape index (κ3) is 6.15. The third-order valence-electron chi connectivity index (χ3n) is 13.7. The number of aromatic hydroxyl groups is 2. The highest BCUT2D eigenvalue weighted by Crippen LogP contribution is 2.64. The smallest absolute Gasteiger partial charge is 0.302 e. The lowest BCUT2D eigenvalue weighted by Gasteiger charge is -2.42. The average molecular weight is 789 g/mol. The van der Waals surface area contributed by atoms with E-state index in [1.807, 2.05) is 12.1 Å². The summed E-state index contributed by atoms with van der Waals surface area (Å²) < 4.78 is 24.8. The maximum Gasteiger partial charge on any atom is 0.302 e. The number of nitrogens with two attached hydrogens (primary N) is 1. The van der Waals surface area contributed by atoms with Gasteiger partial charge in [0, 0.05) is 47.1 Å². The first-order valence-electron chi connectivity index (χ1n) is 20.6. The second-order valence-electron chi connectivity index (χ2n) is 17.0. The summed E-state index contributed by atoms with van der Waals surface area (Å²) in [6.45, 7) is 1.53. The Morgan fingerprint density at radius 2 is 1.85 bits per heavy atom. The number of ether oxygens (including phenoxy) is 4. The molecule has 4 aromatic carbocycles. The second-order valence-corrected chi connectivity index (χ2v) is 17.0. The van der Waals surface area contributed by atoms with E-state index in [9.17, 15) is 15.0 Å². The Morgan fingerprint density at radius 1 is 1.02 bits per heavy atom. The van der Waals surface area contributed by atoms with Gasteiger partial charge in [0.1, 0.15) is 30.0 Å². The monoisotopic (exact) mass is 788 g/mol. The SMILES string of the molecule is COc1cc2c(cc1O)CC#CC1=C3C(=CC(N)N1)C=C[C@H](Cc1ccccc1)[C@H]3[C@@H]1CC[C@@]3(Cc4cc(O)cc(OC)c4-c4ccc5c(c43)O[C@H]2[C@H]5COC(C)=O)C1. The molecule has 3 aliphatic carbocycles. The molecular weight excluding hydrogens is 741 g/mol. The number of hydrogen-bond donors (Lipinski definition) is 4. The molecule has 4 bridgehead atoms. The lowest BCUT2D eigenvalue weighted by atomic mass is 9.62. The van der Waals surface area contributed by atoms with Gasteiger partial charge in [0.05, 0.1) is 32.0 Å². The van der Waals surface area contributed by atoms with Gasteiger partial charge in [-0.25, -0.2) is 0 Å². The molecule has 9 nitrogen and oxygen atoms in total. The minimum absolute atomic E-state index is 0.00454. The van der Waals surface area contributed by atoms with Crippen LogP contribution in [0.2, 0.25) is 0 Å². The van der Waals surface area contributed by atoms with Crippen LogP contribution >= 0.6 is 0 Å². The van der Waals surface area contributed by atoms with E-state index >= 15 is 0 Å². The Morgan fingerprint density at radius 3 is 2.64 bits per heavy atom. The van der Waals surface area contributed by atoms with Crippen LogP contribution < -0.4 is 25.3 Å². The van der Waals surface area contributed by atoms with Gasteiger partial charge in [-0.05, 0) is 113 Å². The van der Waals surface area contributed by atoms with Crippen molar-refractivity contribution >= 4 is 5.97 Å². The molecule has 1 fully saturated rings. The predicted octanol–water partition coefficient (Wildman–Crippen LogP) is 7.83. The highest BCUT2D eigenvalue weighted by Gasteiger charge is 2.53. The zero-order valence-electron chi connectivity index (χ0n) is 33.5. The van der Waals surface area contributed by atoms with Crippen molar-refractivity contribution in [2.45, 2.75) is 69.1 Å². The number of carbonyl (C=O) groups is 1. The summed E-state index contributed by atoms with van der Waals surface area (Å²) in [5, 5.41) is 25.8. The molecule has 0 amide bonds. The topological polar surface area (TPSA) is 133 Å². The van der Waals surface area contributed by atoms with Crippen molar-refractivity contribution in [1.82, 2.24) is 5.32 Å². The quantitative estimate of drug-likeness (QED) is 0.114. The lowest BCUT2D eigenvalue weighted by Crippen LogP contribution is -2.42. The molecule has 3 aliphatic heterocycles. The number of nitrogens with one attached hydrogen (secondary N) is 1. The van der Waals surface area contributed by atoms with Gasteiger partial charge >= 0.3 is 5.97 Å². The summed E-state index contributed by atoms with van der Waals surface area (Å²) in [5.41, 5.74) is 17.5. The first-order chi connectivity index (χ1) is 28.6. The van der Waals surface area contributed by atoms with Crippen LogP contribution in [0.4, 0.5) is 0 Å². The van der Waals surface area contributed by atoms with Crippen LogP contribution in [0, 0.1) is 29.6 Å². The van der Waals surface area contributed by atoms with Gasteiger partial charge < -0.3 is 40.2 Å². The van der Waals surface area contributed by atoms with E-state index in [-0.39, 0.29) is 53.2 Å². The number of dihydropyridines is 1. The van der Waals surface area contributed by atoms with E-state index in [1.165, 1.54) is 25.2 Å². The summed E-state index contributed by atoms with van der Waals surface area (Å²) in [7, 11) is 3.18. The lowest BCUT2D eigenvalue weighted by molar-refractivity contribution is -0.141. The highest BCUT2D eigenvalue weighted by atomic mass is 16.5. The Labute approximate surface area is 344 Å². The number of allylic oxidation sites excluding steroid dienone is 5. The number of phenols is 2. The Hall–Kier alpha value is -6.11. The third-order valence-corrected chi connectivity index (χ3v) is 13.7. The van der Waals surface area contributed by atoms with Gasteiger partial charge in [-0.3, -0.25) is 4.79 Å². The summed E-state index contributed by atoms with van der Waals surface area (Å²) in [4.78, 5) is 12.4. The molecule has 9 heteroatoms. The molecule has 3 heterocycles. The van der Waals surface area contributed by atoms with Crippen LogP contribution in [0.3, 0.4) is 0 Å². The molecule has 7 atom stereocenters. The molecular formula is C50H48N2O7. The standard InChI is InChI=1S/C50H48N2O7/c1-27(53)58-26-38-35-14-15-36-45-33(19-34(54)22-42(45)57-3)25-50-17-16-32(24-50)44-30(18-28-8-5-4-6-9-28)12-13-31-21-43(51)52-39(46(31)44)11-7-10-29-20-40(55)41(56-2)23-37(29)48(38)59-49(35)47(36)50/h4-6,8-9,12-15,19-23,30,32,38,43-44,48,52,54-55H,10,16-18,24-26,51H2,1-3H3/t30-,32-,38+,43?,44+,48-,50+/m1/s1. The molecule has 59 heavy (non-hydrogen) atoms. The summed E-state index contributed by atoms with van der Waals surface area (Å²) in [5.74, 6) is 8.82. The molecule has 5 N–H and O–H groups in total. The molecule has 0 aromatic heterocycles.